The van der Waals surface area contributed by atoms with Crippen LogP contribution in [0.2, 0.25) is 0 Å². The molecule has 10 heteroatoms. The summed E-state index contributed by atoms with van der Waals surface area (Å²) in [7, 11) is -6.00. The van der Waals surface area contributed by atoms with Crippen LogP contribution in [0.5, 0.6) is 0 Å². The Balaban J connectivity index is 4.40. The van der Waals surface area contributed by atoms with E-state index in [-0.39, 0.29) is 0 Å². The summed E-state index contributed by atoms with van der Waals surface area (Å²) in [4.78, 5) is 0. The third-order valence-corrected chi connectivity index (χ3v) is 1.77. The predicted molar refractivity (Wildman–Crippen MR) is 31.7 cm³/mol. The van der Waals surface area contributed by atoms with Crippen LogP contribution in [-0.2, 0) is 14.3 Å². The molecule has 80 valence electrons. The van der Waals surface area contributed by atoms with Crippen LogP contribution in [0.25, 0.3) is 0 Å². The van der Waals surface area contributed by atoms with E-state index >= 15 is 0 Å². The molecule has 0 saturated carbocycles. The van der Waals surface area contributed by atoms with E-state index < -0.39 is 27.6 Å². The van der Waals surface area contributed by atoms with Crippen molar-refractivity contribution in [2.75, 3.05) is 6.61 Å². The van der Waals surface area contributed by atoms with Crippen molar-refractivity contribution < 1.29 is 34.6 Å². The third-order valence-electron chi connectivity index (χ3n) is 0.661. The summed E-state index contributed by atoms with van der Waals surface area (Å²) in [5, 5.41) is -4.15. The van der Waals surface area contributed by atoms with Gasteiger partial charge in [-0.2, -0.15) is 30.4 Å². The molecular weight excluding hydrogens is 247 g/mol. The summed E-state index contributed by atoms with van der Waals surface area (Å²) >= 11 is 4.10. The second kappa shape index (κ2) is 3.54. The fraction of sp³-hybridized carbons (Fsp3) is 1.00. The molecule has 0 bridgehead atoms. The van der Waals surface area contributed by atoms with Gasteiger partial charge in [-0.25, -0.2) is 0 Å². The maximum absolute atomic E-state index is 11.6. The second-order valence-corrected chi connectivity index (χ2v) is 3.94. The zero-order valence-corrected chi connectivity index (χ0v) is 7.18. The summed E-state index contributed by atoms with van der Waals surface area (Å²) < 4.78 is 80.4. The number of hydrogen-bond donors (Lipinski definition) is 0. The van der Waals surface area contributed by atoms with Gasteiger partial charge in [0.15, 0.2) is 0 Å². The standard InChI is InChI=1S/C3H2ClF5O3S/c4-2(5,6)1-12-13(10,11)3(7,8)9/h1H2. The maximum Gasteiger partial charge on any atom is 0.523 e. The second-order valence-electron chi connectivity index (χ2n) is 1.78. The minimum absolute atomic E-state index is 2.06. The Morgan fingerprint density at radius 2 is 1.54 bits per heavy atom. The van der Waals surface area contributed by atoms with Crippen molar-refractivity contribution >= 4 is 21.7 Å². The average molecular weight is 249 g/mol. The number of hydrogen-bond acceptors (Lipinski definition) is 3. The molecule has 0 atom stereocenters. The van der Waals surface area contributed by atoms with Gasteiger partial charge in [0.25, 0.3) is 0 Å². The Bertz CT molecular complexity index is 264. The largest absolute Gasteiger partial charge is 0.523 e. The highest BCUT2D eigenvalue weighted by atomic mass is 35.5. The number of halogens is 6. The molecule has 0 fully saturated rings. The number of alkyl halides is 6. The minimum Gasteiger partial charge on any atom is -0.255 e. The van der Waals surface area contributed by atoms with Gasteiger partial charge in [0.1, 0.15) is 6.61 Å². The average Bonchev–Trinajstić information content (AvgIpc) is 1.79. The van der Waals surface area contributed by atoms with E-state index in [4.69, 9.17) is 0 Å². The van der Waals surface area contributed by atoms with Crippen LogP contribution in [0.3, 0.4) is 0 Å². The maximum atomic E-state index is 11.6. The Hall–Kier alpha value is -0.150. The summed E-state index contributed by atoms with van der Waals surface area (Å²) in [6, 6.07) is 0. The lowest BCUT2D eigenvalue weighted by Crippen LogP contribution is -2.29. The van der Waals surface area contributed by atoms with E-state index in [2.05, 4.69) is 15.8 Å². The van der Waals surface area contributed by atoms with Crippen molar-refractivity contribution in [3.63, 3.8) is 0 Å². The van der Waals surface area contributed by atoms with Gasteiger partial charge < -0.3 is 0 Å². The molecule has 0 radical (unpaired) electrons. The van der Waals surface area contributed by atoms with E-state index in [0.29, 0.717) is 0 Å². The minimum atomic E-state index is -6.00. The molecule has 0 N–H and O–H groups in total. The van der Waals surface area contributed by atoms with Gasteiger partial charge in [-0.1, -0.05) is 0 Å². The molecule has 0 saturated heterocycles. The summed E-state index contributed by atoms with van der Waals surface area (Å²) in [5.41, 5.74) is -5.73. The first-order chi connectivity index (χ1) is 5.46. The summed E-state index contributed by atoms with van der Waals surface area (Å²) in [6.07, 6.45) is 0. The van der Waals surface area contributed by atoms with Crippen LogP contribution in [-0.4, -0.2) is 25.9 Å². The molecule has 0 heterocycles. The van der Waals surface area contributed by atoms with Crippen molar-refractivity contribution in [1.82, 2.24) is 0 Å². The monoisotopic (exact) mass is 248 g/mol. The molecule has 13 heavy (non-hydrogen) atoms. The van der Waals surface area contributed by atoms with Crippen LogP contribution in [0.4, 0.5) is 22.0 Å². The van der Waals surface area contributed by atoms with Crippen LogP contribution in [0, 0.1) is 0 Å². The number of rotatable bonds is 3. The van der Waals surface area contributed by atoms with Crippen LogP contribution < -0.4 is 0 Å². The van der Waals surface area contributed by atoms with Crippen LogP contribution in [0.1, 0.15) is 0 Å². The molecule has 0 aromatic carbocycles. The van der Waals surface area contributed by atoms with Gasteiger partial charge in [-0.05, 0) is 11.6 Å². The first-order valence-corrected chi connectivity index (χ1v) is 4.27. The Morgan fingerprint density at radius 3 is 1.77 bits per heavy atom. The first-order valence-electron chi connectivity index (χ1n) is 2.48. The van der Waals surface area contributed by atoms with Crippen molar-refractivity contribution in [2.24, 2.45) is 0 Å². The van der Waals surface area contributed by atoms with Gasteiger partial charge in [0.2, 0.25) is 0 Å². The molecule has 3 nitrogen and oxygen atoms in total. The zero-order valence-electron chi connectivity index (χ0n) is 5.61. The normalized spacial score (nSPS) is 14.6. The lowest BCUT2D eigenvalue weighted by atomic mass is 10.8. The molecule has 0 aliphatic rings. The Kier molecular flexibility index (Phi) is 3.50. The highest BCUT2D eigenvalue weighted by Gasteiger charge is 2.48. The van der Waals surface area contributed by atoms with Crippen molar-refractivity contribution in [1.29, 1.82) is 0 Å². The first kappa shape index (κ1) is 12.8. The van der Waals surface area contributed by atoms with E-state index in [9.17, 15) is 30.4 Å². The van der Waals surface area contributed by atoms with Gasteiger partial charge in [-0.3, -0.25) is 4.18 Å². The Morgan fingerprint density at radius 1 is 1.15 bits per heavy atom. The quantitative estimate of drug-likeness (QED) is 0.330. The molecule has 0 unspecified atom stereocenters. The Labute approximate surface area is 74.5 Å². The van der Waals surface area contributed by atoms with Crippen LogP contribution >= 0.6 is 11.6 Å². The molecule has 0 amide bonds. The van der Waals surface area contributed by atoms with Gasteiger partial charge in [0, 0.05) is 0 Å². The predicted octanol–water partition coefficient (Wildman–Crippen LogP) is 1.68. The molecular formula is C3H2ClF5O3S. The van der Waals surface area contributed by atoms with E-state index in [1.54, 1.807) is 0 Å². The molecule has 0 aliphatic carbocycles. The SMILES string of the molecule is O=S(=O)(OCC(F)(F)Cl)C(F)(F)F. The lowest BCUT2D eigenvalue weighted by Gasteiger charge is -2.10. The summed E-state index contributed by atoms with van der Waals surface area (Å²) in [6.45, 7) is -2.06. The molecule has 0 spiro atoms. The third kappa shape index (κ3) is 4.58. The lowest BCUT2D eigenvalue weighted by molar-refractivity contribution is -0.0593. The smallest absolute Gasteiger partial charge is 0.255 e. The van der Waals surface area contributed by atoms with E-state index in [1.807, 2.05) is 0 Å². The summed E-state index contributed by atoms with van der Waals surface area (Å²) in [5.74, 6) is 0. The van der Waals surface area contributed by atoms with Crippen molar-refractivity contribution in [3.8, 4) is 0 Å². The highest BCUT2D eigenvalue weighted by Crippen LogP contribution is 2.27. The highest BCUT2D eigenvalue weighted by molar-refractivity contribution is 7.87. The topological polar surface area (TPSA) is 43.4 Å². The van der Waals surface area contributed by atoms with Crippen LogP contribution in [0.15, 0.2) is 0 Å². The molecule has 0 aromatic heterocycles. The van der Waals surface area contributed by atoms with Crippen molar-refractivity contribution in [3.05, 3.63) is 0 Å². The van der Waals surface area contributed by atoms with Crippen molar-refractivity contribution in [2.45, 2.75) is 10.9 Å². The van der Waals surface area contributed by atoms with Gasteiger partial charge in [-0.15, -0.1) is 0 Å². The fourth-order valence-corrected chi connectivity index (χ4v) is 0.767. The fourth-order valence-electron chi connectivity index (χ4n) is 0.211. The zero-order chi connectivity index (χ0) is 10.9. The molecule has 0 aliphatic heterocycles. The molecule has 0 rings (SSSR count). The van der Waals surface area contributed by atoms with Gasteiger partial charge in [0.05, 0.1) is 0 Å². The molecule has 0 aromatic rings. The van der Waals surface area contributed by atoms with E-state index in [1.165, 1.54) is 0 Å². The van der Waals surface area contributed by atoms with E-state index in [0.717, 1.165) is 0 Å². The van der Waals surface area contributed by atoms with Gasteiger partial charge >= 0.3 is 21.0 Å².